The van der Waals surface area contributed by atoms with Crippen molar-refractivity contribution in [3.8, 4) is 11.1 Å². The summed E-state index contributed by atoms with van der Waals surface area (Å²) in [6, 6.07) is 8.60. The summed E-state index contributed by atoms with van der Waals surface area (Å²) >= 11 is 0. The molecule has 2 N–H and O–H groups in total. The fourth-order valence-corrected chi connectivity index (χ4v) is 2.63. The van der Waals surface area contributed by atoms with Crippen LogP contribution < -0.4 is 5.73 Å². The van der Waals surface area contributed by atoms with Crippen LogP contribution in [0.3, 0.4) is 0 Å². The second kappa shape index (κ2) is 8.15. The molecule has 0 unspecified atom stereocenters. The molecule has 2 aliphatic carbocycles. The van der Waals surface area contributed by atoms with Gasteiger partial charge in [0.1, 0.15) is 0 Å². The van der Waals surface area contributed by atoms with E-state index < -0.39 is 17.9 Å². The molecule has 7 heteroatoms. The molecule has 0 aromatic carbocycles. The van der Waals surface area contributed by atoms with Gasteiger partial charge in [-0.25, -0.2) is 14.4 Å². The second-order valence-electron chi connectivity index (χ2n) is 5.19. The molecule has 0 aromatic heterocycles. The molecule has 0 spiro atoms. The number of hydrogen-bond donors (Lipinski definition) is 1. The molecule has 136 valence electrons. The van der Waals surface area contributed by atoms with Crippen LogP contribution in [0.15, 0.2) is 36.4 Å². The van der Waals surface area contributed by atoms with Gasteiger partial charge in [0.25, 0.3) is 0 Å². The fourth-order valence-electron chi connectivity index (χ4n) is 2.63. The van der Waals surface area contributed by atoms with Gasteiger partial charge < -0.3 is 19.9 Å². The zero-order chi connectivity index (χ0) is 19.3. The summed E-state index contributed by atoms with van der Waals surface area (Å²) in [6.45, 7) is 1.85. The summed E-state index contributed by atoms with van der Waals surface area (Å²) in [7, 11) is 2.37. The predicted octanol–water partition coefficient (Wildman–Crippen LogP) is 2.28. The standard InChI is InChI=1S/C19H19NO6/c1-4-26-19(23)16-12-9-7-5-6-8-11(12)15(17(16)20)13(18(22)25-3)10-14(21)24-2/h5-10H,4,20H2,1-3H3/b13-10-. The van der Waals surface area contributed by atoms with Crippen LogP contribution in [-0.2, 0) is 23.8 Å². The van der Waals surface area contributed by atoms with Gasteiger partial charge in [-0.05, 0) is 18.1 Å². The third-order valence-electron chi connectivity index (χ3n) is 3.73. The van der Waals surface area contributed by atoms with Crippen molar-refractivity contribution in [2.75, 3.05) is 26.6 Å². The molecule has 2 rings (SSSR count). The first-order valence-electron chi connectivity index (χ1n) is 7.81. The highest BCUT2D eigenvalue weighted by Crippen LogP contribution is 2.43. The van der Waals surface area contributed by atoms with Gasteiger partial charge in [0.15, 0.2) is 0 Å². The van der Waals surface area contributed by atoms with E-state index in [1.165, 1.54) is 14.2 Å². The number of nitrogen functional groups attached to an aromatic ring is 1. The average Bonchev–Trinajstić information content (AvgIpc) is 2.77. The van der Waals surface area contributed by atoms with Crippen molar-refractivity contribution >= 4 is 29.2 Å². The molecule has 7 nitrogen and oxygen atoms in total. The first-order valence-corrected chi connectivity index (χ1v) is 7.81. The van der Waals surface area contributed by atoms with E-state index >= 15 is 0 Å². The fraction of sp³-hybridized carbons (Fsp3) is 0.211. The lowest BCUT2D eigenvalue weighted by Crippen LogP contribution is -2.10. The zero-order valence-corrected chi connectivity index (χ0v) is 14.7. The van der Waals surface area contributed by atoms with Gasteiger partial charge in [-0.2, -0.15) is 0 Å². The minimum absolute atomic E-state index is 0.0326. The summed E-state index contributed by atoms with van der Waals surface area (Å²) < 4.78 is 14.5. The number of anilines is 1. The molecule has 0 aliphatic heterocycles. The van der Waals surface area contributed by atoms with Gasteiger partial charge >= 0.3 is 17.9 Å². The van der Waals surface area contributed by atoms with Crippen molar-refractivity contribution < 1.29 is 28.6 Å². The van der Waals surface area contributed by atoms with Crippen molar-refractivity contribution in [2.45, 2.75) is 6.92 Å². The Hall–Kier alpha value is -3.35. The van der Waals surface area contributed by atoms with Crippen LogP contribution >= 0.6 is 0 Å². The van der Waals surface area contributed by atoms with Gasteiger partial charge in [-0.15, -0.1) is 0 Å². The summed E-state index contributed by atoms with van der Waals surface area (Å²) in [4.78, 5) is 36.4. The maximum atomic E-state index is 12.4. The van der Waals surface area contributed by atoms with Crippen molar-refractivity contribution in [1.29, 1.82) is 0 Å². The van der Waals surface area contributed by atoms with E-state index in [2.05, 4.69) is 4.74 Å². The van der Waals surface area contributed by atoms with E-state index in [9.17, 15) is 14.4 Å². The highest BCUT2D eigenvalue weighted by atomic mass is 16.5. The monoisotopic (exact) mass is 357 g/mol. The molecule has 0 amide bonds. The molecule has 0 fully saturated rings. The number of nitrogens with two attached hydrogens (primary N) is 1. The topological polar surface area (TPSA) is 105 Å². The van der Waals surface area contributed by atoms with E-state index in [0.717, 1.165) is 6.08 Å². The van der Waals surface area contributed by atoms with Crippen LogP contribution in [0.25, 0.3) is 16.7 Å². The Morgan fingerprint density at radius 1 is 1.00 bits per heavy atom. The van der Waals surface area contributed by atoms with Crippen molar-refractivity contribution in [3.63, 3.8) is 0 Å². The quantitative estimate of drug-likeness (QED) is 0.497. The van der Waals surface area contributed by atoms with Gasteiger partial charge in [-0.3, -0.25) is 0 Å². The predicted molar refractivity (Wildman–Crippen MR) is 95.4 cm³/mol. The highest BCUT2D eigenvalue weighted by molar-refractivity contribution is 6.26. The number of esters is 3. The van der Waals surface area contributed by atoms with Crippen molar-refractivity contribution in [2.24, 2.45) is 0 Å². The maximum absolute atomic E-state index is 12.4. The highest BCUT2D eigenvalue weighted by Gasteiger charge is 2.31. The smallest absolute Gasteiger partial charge is 0.340 e. The molecular formula is C19H19NO6. The summed E-state index contributed by atoms with van der Waals surface area (Å²) in [6.07, 6.45) is 0.985. The number of rotatable bonds is 5. The number of ether oxygens (including phenoxy) is 3. The molecule has 0 atom stereocenters. The molecule has 0 saturated heterocycles. The molecular weight excluding hydrogens is 338 g/mol. The first-order chi connectivity index (χ1) is 12.5. The van der Waals surface area contributed by atoms with Gasteiger partial charge in [-0.1, -0.05) is 30.3 Å². The van der Waals surface area contributed by atoms with E-state index in [1.54, 1.807) is 37.3 Å². The van der Waals surface area contributed by atoms with E-state index in [1.807, 2.05) is 0 Å². The minimum atomic E-state index is -0.782. The van der Waals surface area contributed by atoms with Crippen LogP contribution in [0, 0.1) is 0 Å². The number of carbonyl (C=O) groups is 3. The van der Waals surface area contributed by atoms with Crippen LogP contribution in [-0.4, -0.2) is 38.7 Å². The SMILES string of the molecule is CCOC(=O)c1c2cccccc-2c(/C(=C/C(=O)OC)C(=O)OC)c1N. The maximum Gasteiger partial charge on any atom is 0.340 e. The first kappa shape index (κ1) is 19.0. The number of carbonyl (C=O) groups excluding carboxylic acids is 3. The van der Waals surface area contributed by atoms with Crippen LogP contribution in [0.5, 0.6) is 0 Å². The van der Waals surface area contributed by atoms with Gasteiger partial charge in [0.05, 0.1) is 37.7 Å². The average molecular weight is 357 g/mol. The lowest BCUT2D eigenvalue weighted by Gasteiger charge is -2.07. The Balaban J connectivity index is 2.83. The molecule has 0 saturated carbocycles. The molecule has 26 heavy (non-hydrogen) atoms. The van der Waals surface area contributed by atoms with Crippen molar-refractivity contribution in [1.82, 2.24) is 0 Å². The zero-order valence-electron chi connectivity index (χ0n) is 14.7. The van der Waals surface area contributed by atoms with E-state index in [0.29, 0.717) is 11.1 Å². The number of hydrogen-bond acceptors (Lipinski definition) is 7. The minimum Gasteiger partial charge on any atom is -0.466 e. The summed E-state index contributed by atoms with van der Waals surface area (Å²) in [5.41, 5.74) is 7.48. The molecule has 0 aromatic rings. The third-order valence-corrected chi connectivity index (χ3v) is 3.73. The third kappa shape index (κ3) is 3.51. The van der Waals surface area contributed by atoms with Crippen LogP contribution in [0.4, 0.5) is 5.69 Å². The van der Waals surface area contributed by atoms with Gasteiger partial charge in [0.2, 0.25) is 0 Å². The normalized spacial score (nSPS) is 11.1. The lowest BCUT2D eigenvalue weighted by molar-refractivity contribution is -0.136. The lowest BCUT2D eigenvalue weighted by atomic mass is 10.0. The largest absolute Gasteiger partial charge is 0.466 e. The van der Waals surface area contributed by atoms with E-state index in [-0.39, 0.29) is 29.0 Å². The molecule has 0 heterocycles. The Bertz CT molecular complexity index is 855. The summed E-state index contributed by atoms with van der Waals surface area (Å²) in [5.74, 6) is -2.15. The molecule has 0 radical (unpaired) electrons. The Morgan fingerprint density at radius 2 is 1.62 bits per heavy atom. The Labute approximate surface area is 150 Å². The Kier molecular flexibility index (Phi) is 5.95. The van der Waals surface area contributed by atoms with E-state index in [4.69, 9.17) is 15.2 Å². The van der Waals surface area contributed by atoms with Crippen molar-refractivity contribution in [3.05, 3.63) is 47.5 Å². The second-order valence-corrected chi connectivity index (χ2v) is 5.19. The van der Waals surface area contributed by atoms with Crippen LogP contribution in [0.2, 0.25) is 0 Å². The number of fused-ring (bicyclic) bond motifs is 1. The van der Waals surface area contributed by atoms with Crippen LogP contribution in [0.1, 0.15) is 22.8 Å². The number of methoxy groups -OCH3 is 2. The van der Waals surface area contributed by atoms with Gasteiger partial charge in [0, 0.05) is 11.6 Å². The molecule has 2 aliphatic rings. The Morgan fingerprint density at radius 3 is 2.15 bits per heavy atom. The molecule has 0 bridgehead atoms. The summed E-state index contributed by atoms with van der Waals surface area (Å²) in [5, 5.41) is 0.